The molecule has 0 aliphatic rings. The van der Waals surface area contributed by atoms with Crippen molar-refractivity contribution in [1.29, 1.82) is 0 Å². The highest BCUT2D eigenvalue weighted by molar-refractivity contribution is 6.24. The van der Waals surface area contributed by atoms with Crippen molar-refractivity contribution in [3.63, 3.8) is 0 Å². The maximum atomic E-state index is 6.50. The maximum Gasteiger partial charge on any atom is 0.164 e. The number of nitrogens with zero attached hydrogens (tertiary/aromatic N) is 4. The Morgan fingerprint density at radius 2 is 0.895 bits per heavy atom. The molecule has 12 rings (SSSR count). The molecule has 57 heavy (non-hydrogen) atoms. The predicted molar refractivity (Wildman–Crippen MR) is 233 cm³/mol. The standard InChI is InChI=1S/C52H30N4O/c1-2-11-34(12-3-1)50-54-51(35-25-23-33(24-26-35)48-49-47(41-17-6-8-19-43(41)53-48)42-18-7-9-20-44(42)57-49)56-52(55-50)40-16-5-4-15-39(40)38-29-36-27-21-31-13-10-14-32-22-28-37(30-38)46(36)45(31)32/h1-30H. The molecule has 3 heterocycles. The van der Waals surface area contributed by atoms with Crippen molar-refractivity contribution >= 4 is 65.2 Å². The van der Waals surface area contributed by atoms with E-state index in [1.807, 2.05) is 48.5 Å². The van der Waals surface area contributed by atoms with E-state index in [4.69, 9.17) is 24.4 Å². The Morgan fingerprint density at radius 1 is 0.333 bits per heavy atom. The molecule has 5 nitrogen and oxygen atoms in total. The van der Waals surface area contributed by atoms with Gasteiger partial charge in [-0.2, -0.15) is 0 Å². The Bertz CT molecular complexity index is 3450. The van der Waals surface area contributed by atoms with Crippen LogP contribution in [0.3, 0.4) is 0 Å². The Balaban J connectivity index is 1.01. The van der Waals surface area contributed by atoms with Crippen LogP contribution in [0.4, 0.5) is 0 Å². The van der Waals surface area contributed by atoms with Gasteiger partial charge in [-0.1, -0.05) is 158 Å². The van der Waals surface area contributed by atoms with Crippen LogP contribution in [0.5, 0.6) is 0 Å². The van der Waals surface area contributed by atoms with Gasteiger partial charge in [0.15, 0.2) is 23.1 Å². The lowest BCUT2D eigenvalue weighted by atomic mass is 9.90. The van der Waals surface area contributed by atoms with E-state index in [1.165, 1.54) is 32.3 Å². The second-order valence-corrected chi connectivity index (χ2v) is 14.6. The summed E-state index contributed by atoms with van der Waals surface area (Å²) in [6.45, 7) is 0. The number of para-hydroxylation sites is 2. The summed E-state index contributed by atoms with van der Waals surface area (Å²) in [5.74, 6) is 1.82. The van der Waals surface area contributed by atoms with Gasteiger partial charge in [-0.15, -0.1) is 0 Å². The van der Waals surface area contributed by atoms with Gasteiger partial charge in [0.1, 0.15) is 11.3 Å². The quantitative estimate of drug-likeness (QED) is 0.165. The SMILES string of the molecule is c1ccc(-c2nc(-c3ccc(-c4nc5ccccc5c5c4oc4ccccc45)cc3)nc(-c3ccccc3-c3cc4ccc5cccc6ccc(c3)c4c56)n2)cc1. The molecule has 0 N–H and O–H groups in total. The Morgan fingerprint density at radius 3 is 1.65 bits per heavy atom. The van der Waals surface area contributed by atoms with Gasteiger partial charge in [0.25, 0.3) is 0 Å². The van der Waals surface area contributed by atoms with Crippen molar-refractivity contribution in [2.75, 3.05) is 0 Å². The lowest BCUT2D eigenvalue weighted by Crippen LogP contribution is -2.01. The monoisotopic (exact) mass is 726 g/mol. The van der Waals surface area contributed by atoms with Crippen molar-refractivity contribution < 1.29 is 4.42 Å². The fourth-order valence-electron chi connectivity index (χ4n) is 8.59. The van der Waals surface area contributed by atoms with Crippen molar-refractivity contribution in [1.82, 2.24) is 19.9 Å². The molecule has 0 amide bonds. The van der Waals surface area contributed by atoms with Crippen molar-refractivity contribution in [3.8, 4) is 56.5 Å². The van der Waals surface area contributed by atoms with Crippen LogP contribution in [-0.2, 0) is 0 Å². The molecule has 0 saturated carbocycles. The minimum absolute atomic E-state index is 0.594. The third-order valence-electron chi connectivity index (χ3n) is 11.2. The van der Waals surface area contributed by atoms with Crippen LogP contribution in [0, 0.1) is 0 Å². The zero-order valence-corrected chi connectivity index (χ0v) is 30.5. The number of hydrogen-bond acceptors (Lipinski definition) is 5. The van der Waals surface area contributed by atoms with Crippen LogP contribution in [0.25, 0.3) is 122 Å². The third-order valence-corrected chi connectivity index (χ3v) is 11.2. The van der Waals surface area contributed by atoms with E-state index >= 15 is 0 Å². The van der Waals surface area contributed by atoms with E-state index in [1.54, 1.807) is 0 Å². The van der Waals surface area contributed by atoms with Crippen LogP contribution in [0.15, 0.2) is 186 Å². The number of pyridine rings is 1. The van der Waals surface area contributed by atoms with E-state index in [0.29, 0.717) is 17.5 Å². The second kappa shape index (κ2) is 12.4. The van der Waals surface area contributed by atoms with Gasteiger partial charge in [-0.3, -0.25) is 0 Å². The Hall–Kier alpha value is -7.76. The number of benzene rings is 9. The summed E-state index contributed by atoms with van der Waals surface area (Å²) in [7, 11) is 0. The van der Waals surface area contributed by atoms with E-state index in [2.05, 4.69) is 133 Å². The van der Waals surface area contributed by atoms with Gasteiger partial charge in [0.2, 0.25) is 0 Å². The van der Waals surface area contributed by atoms with E-state index in [-0.39, 0.29) is 0 Å². The fourth-order valence-corrected chi connectivity index (χ4v) is 8.59. The summed E-state index contributed by atoms with van der Waals surface area (Å²) < 4.78 is 6.50. The number of rotatable bonds is 5. The molecule has 0 bridgehead atoms. The second-order valence-electron chi connectivity index (χ2n) is 14.6. The lowest BCUT2D eigenvalue weighted by Gasteiger charge is -2.15. The summed E-state index contributed by atoms with van der Waals surface area (Å²) in [4.78, 5) is 20.5. The van der Waals surface area contributed by atoms with Crippen LogP contribution < -0.4 is 0 Å². The van der Waals surface area contributed by atoms with Crippen LogP contribution in [0.2, 0.25) is 0 Å². The number of hydrogen-bond donors (Lipinski definition) is 0. The molecule has 12 aromatic rings. The third kappa shape index (κ3) is 5.03. The highest BCUT2D eigenvalue weighted by Gasteiger charge is 2.20. The van der Waals surface area contributed by atoms with Gasteiger partial charge in [-0.25, -0.2) is 19.9 Å². The summed E-state index contributed by atoms with van der Waals surface area (Å²) in [6.07, 6.45) is 0. The summed E-state index contributed by atoms with van der Waals surface area (Å²) >= 11 is 0. The average Bonchev–Trinajstić information content (AvgIpc) is 3.68. The molecule has 3 aromatic heterocycles. The molecule has 0 unspecified atom stereocenters. The number of fused-ring (bicyclic) bond motifs is 5. The van der Waals surface area contributed by atoms with E-state index in [0.717, 1.165) is 71.9 Å². The molecule has 0 aliphatic heterocycles. The summed E-state index contributed by atoms with van der Waals surface area (Å²) in [6, 6.07) is 63.3. The molecule has 264 valence electrons. The average molecular weight is 727 g/mol. The predicted octanol–water partition coefficient (Wildman–Crippen LogP) is 13.6. The van der Waals surface area contributed by atoms with Gasteiger partial charge >= 0.3 is 0 Å². The van der Waals surface area contributed by atoms with Crippen LogP contribution in [-0.4, -0.2) is 19.9 Å². The van der Waals surface area contributed by atoms with Crippen LogP contribution in [0.1, 0.15) is 0 Å². The van der Waals surface area contributed by atoms with Gasteiger partial charge in [0, 0.05) is 38.4 Å². The summed E-state index contributed by atoms with van der Waals surface area (Å²) in [5, 5.41) is 10.8. The normalized spacial score (nSPS) is 11.9. The van der Waals surface area contributed by atoms with E-state index in [9.17, 15) is 0 Å². The summed E-state index contributed by atoms with van der Waals surface area (Å²) in [5.41, 5.74) is 9.21. The number of furan rings is 1. The maximum absolute atomic E-state index is 6.50. The molecule has 0 spiro atoms. The molecule has 0 radical (unpaired) electrons. The van der Waals surface area contributed by atoms with Crippen LogP contribution >= 0.6 is 0 Å². The lowest BCUT2D eigenvalue weighted by molar-refractivity contribution is 0.669. The Labute approximate surface area is 326 Å². The largest absolute Gasteiger partial charge is 0.454 e. The molecule has 9 aromatic carbocycles. The number of aromatic nitrogens is 4. The first kappa shape index (κ1) is 31.6. The Kier molecular flexibility index (Phi) is 6.86. The zero-order chi connectivity index (χ0) is 37.5. The molecule has 0 aliphatic carbocycles. The van der Waals surface area contributed by atoms with Gasteiger partial charge < -0.3 is 4.42 Å². The smallest absolute Gasteiger partial charge is 0.164 e. The molecular weight excluding hydrogens is 697 g/mol. The highest BCUT2D eigenvalue weighted by Crippen LogP contribution is 2.41. The molecule has 0 atom stereocenters. The van der Waals surface area contributed by atoms with Crippen molar-refractivity contribution in [2.24, 2.45) is 0 Å². The zero-order valence-electron chi connectivity index (χ0n) is 30.5. The first-order valence-electron chi connectivity index (χ1n) is 19.1. The molecule has 0 fully saturated rings. The first-order chi connectivity index (χ1) is 28.2. The van der Waals surface area contributed by atoms with E-state index < -0.39 is 0 Å². The highest BCUT2D eigenvalue weighted by atomic mass is 16.3. The fraction of sp³-hybridized carbons (Fsp3) is 0. The van der Waals surface area contributed by atoms with Gasteiger partial charge in [0.05, 0.1) is 5.52 Å². The topological polar surface area (TPSA) is 64.7 Å². The minimum atomic E-state index is 0.594. The first-order valence-corrected chi connectivity index (χ1v) is 19.1. The molecule has 0 saturated heterocycles. The minimum Gasteiger partial charge on any atom is -0.454 e. The molecular formula is C52H30N4O. The van der Waals surface area contributed by atoms with Crippen molar-refractivity contribution in [3.05, 3.63) is 182 Å². The molecule has 5 heteroatoms. The van der Waals surface area contributed by atoms with Gasteiger partial charge in [-0.05, 0) is 67.7 Å². The van der Waals surface area contributed by atoms with Crippen molar-refractivity contribution in [2.45, 2.75) is 0 Å².